The van der Waals surface area contributed by atoms with Crippen LogP contribution >= 0.6 is 0 Å². The number of aromatic amines is 1. The minimum atomic E-state index is -0.269. The molecule has 0 aliphatic rings. The molecule has 82 valence electrons. The Hall–Kier alpha value is -2.00. The standard InChI is InChI=1S/C11H11FN4/c1-2-9(15-16-13)11-6-7-5-8(12)3-4-10(7)14-11/h3-6,9,14H,2H2,1H3. The summed E-state index contributed by atoms with van der Waals surface area (Å²) in [5.74, 6) is -0.269. The van der Waals surface area contributed by atoms with Gasteiger partial charge in [0.05, 0.1) is 6.04 Å². The second-order valence-corrected chi connectivity index (χ2v) is 3.59. The van der Waals surface area contributed by atoms with Gasteiger partial charge in [0.2, 0.25) is 0 Å². The molecule has 1 atom stereocenters. The lowest BCUT2D eigenvalue weighted by molar-refractivity contribution is 0.630. The molecule has 0 amide bonds. The molecule has 1 N–H and O–H groups in total. The molecule has 0 spiro atoms. The van der Waals surface area contributed by atoms with Crippen molar-refractivity contribution in [1.29, 1.82) is 0 Å². The molecular weight excluding hydrogens is 207 g/mol. The maximum atomic E-state index is 13.0. The van der Waals surface area contributed by atoms with E-state index >= 15 is 0 Å². The minimum Gasteiger partial charge on any atom is -0.358 e. The number of nitrogens with one attached hydrogen (secondary N) is 1. The summed E-state index contributed by atoms with van der Waals surface area (Å²) in [6.45, 7) is 1.94. The Balaban J connectivity index is 2.49. The van der Waals surface area contributed by atoms with Crippen molar-refractivity contribution in [3.8, 4) is 0 Å². The Morgan fingerprint density at radius 1 is 1.50 bits per heavy atom. The molecule has 0 aliphatic carbocycles. The molecule has 0 saturated heterocycles. The molecule has 0 bridgehead atoms. The highest BCUT2D eigenvalue weighted by atomic mass is 19.1. The lowest BCUT2D eigenvalue weighted by Crippen LogP contribution is -1.91. The molecule has 0 fully saturated rings. The van der Waals surface area contributed by atoms with Crippen LogP contribution in [0.15, 0.2) is 29.4 Å². The van der Waals surface area contributed by atoms with Crippen LogP contribution in [0.5, 0.6) is 0 Å². The number of hydrogen-bond acceptors (Lipinski definition) is 1. The van der Waals surface area contributed by atoms with Crippen molar-refractivity contribution in [1.82, 2.24) is 4.98 Å². The quantitative estimate of drug-likeness (QED) is 0.458. The third-order valence-corrected chi connectivity index (χ3v) is 2.54. The third-order valence-electron chi connectivity index (χ3n) is 2.54. The molecule has 2 aromatic rings. The minimum absolute atomic E-state index is 0.222. The van der Waals surface area contributed by atoms with E-state index in [1.807, 2.05) is 13.0 Å². The largest absolute Gasteiger partial charge is 0.358 e. The van der Waals surface area contributed by atoms with Crippen LogP contribution in [0, 0.1) is 5.82 Å². The van der Waals surface area contributed by atoms with Gasteiger partial charge in [-0.3, -0.25) is 0 Å². The number of halogens is 1. The van der Waals surface area contributed by atoms with E-state index in [1.54, 1.807) is 6.07 Å². The summed E-state index contributed by atoms with van der Waals surface area (Å²) in [5.41, 5.74) is 10.1. The predicted molar refractivity (Wildman–Crippen MR) is 60.4 cm³/mol. The smallest absolute Gasteiger partial charge is 0.123 e. The first kappa shape index (κ1) is 10.5. The third kappa shape index (κ3) is 1.85. The van der Waals surface area contributed by atoms with Crippen molar-refractivity contribution in [2.24, 2.45) is 5.11 Å². The van der Waals surface area contributed by atoms with Crippen LogP contribution in [-0.2, 0) is 0 Å². The number of rotatable bonds is 3. The topological polar surface area (TPSA) is 64.6 Å². The summed E-state index contributed by atoms with van der Waals surface area (Å²) in [7, 11) is 0. The summed E-state index contributed by atoms with van der Waals surface area (Å²) < 4.78 is 13.0. The van der Waals surface area contributed by atoms with Crippen molar-refractivity contribution in [2.75, 3.05) is 0 Å². The summed E-state index contributed by atoms with van der Waals surface area (Å²) in [5, 5.41) is 4.48. The number of H-pyrrole nitrogens is 1. The average molecular weight is 218 g/mol. The molecule has 2 rings (SSSR count). The molecule has 1 unspecified atom stereocenters. The number of azide groups is 1. The molecular formula is C11H11FN4. The molecule has 0 radical (unpaired) electrons. The van der Waals surface area contributed by atoms with E-state index in [0.29, 0.717) is 6.42 Å². The van der Waals surface area contributed by atoms with Gasteiger partial charge >= 0.3 is 0 Å². The van der Waals surface area contributed by atoms with Gasteiger partial charge in [0.25, 0.3) is 0 Å². The number of aromatic nitrogens is 1. The fourth-order valence-electron chi connectivity index (χ4n) is 1.73. The first-order chi connectivity index (χ1) is 7.74. The molecule has 1 aromatic heterocycles. The van der Waals surface area contributed by atoms with Gasteiger partial charge in [-0.15, -0.1) is 0 Å². The SMILES string of the molecule is CCC(N=[N+]=[N-])c1cc2cc(F)ccc2[nH]1. The van der Waals surface area contributed by atoms with Crippen LogP contribution in [0.2, 0.25) is 0 Å². The summed E-state index contributed by atoms with van der Waals surface area (Å²) in [6, 6.07) is 6.13. The molecule has 16 heavy (non-hydrogen) atoms. The van der Waals surface area contributed by atoms with E-state index in [9.17, 15) is 4.39 Å². The summed E-state index contributed by atoms with van der Waals surface area (Å²) in [6.07, 6.45) is 0.708. The Labute approximate surface area is 91.7 Å². The Kier molecular flexibility index (Phi) is 2.79. The van der Waals surface area contributed by atoms with Crippen molar-refractivity contribution in [3.63, 3.8) is 0 Å². The maximum Gasteiger partial charge on any atom is 0.123 e. The predicted octanol–water partition coefficient (Wildman–Crippen LogP) is 4.07. The lowest BCUT2D eigenvalue weighted by Gasteiger charge is -2.03. The Morgan fingerprint density at radius 2 is 2.31 bits per heavy atom. The molecule has 0 aliphatic heterocycles. The normalized spacial score (nSPS) is 12.4. The molecule has 4 nitrogen and oxygen atoms in total. The zero-order chi connectivity index (χ0) is 11.5. The van der Waals surface area contributed by atoms with Gasteiger partial charge in [0.1, 0.15) is 5.82 Å². The van der Waals surface area contributed by atoms with Crippen LogP contribution in [0.1, 0.15) is 25.1 Å². The molecule has 1 heterocycles. The van der Waals surface area contributed by atoms with Crippen molar-refractivity contribution < 1.29 is 4.39 Å². The highest BCUT2D eigenvalue weighted by Gasteiger charge is 2.10. The van der Waals surface area contributed by atoms with E-state index in [1.165, 1.54) is 12.1 Å². The van der Waals surface area contributed by atoms with E-state index in [2.05, 4.69) is 15.0 Å². The van der Waals surface area contributed by atoms with Gasteiger partial charge in [-0.05, 0) is 36.2 Å². The van der Waals surface area contributed by atoms with Gasteiger partial charge < -0.3 is 4.98 Å². The molecule has 1 aromatic carbocycles. The number of benzene rings is 1. The highest BCUT2D eigenvalue weighted by Crippen LogP contribution is 2.25. The van der Waals surface area contributed by atoms with E-state index < -0.39 is 0 Å². The van der Waals surface area contributed by atoms with Crippen molar-refractivity contribution in [2.45, 2.75) is 19.4 Å². The Morgan fingerprint density at radius 3 is 3.00 bits per heavy atom. The summed E-state index contributed by atoms with van der Waals surface area (Å²) >= 11 is 0. The first-order valence-electron chi connectivity index (χ1n) is 5.07. The van der Waals surface area contributed by atoms with Gasteiger partial charge in [-0.2, -0.15) is 0 Å². The fraction of sp³-hybridized carbons (Fsp3) is 0.273. The van der Waals surface area contributed by atoms with Crippen molar-refractivity contribution in [3.05, 3.63) is 46.2 Å². The zero-order valence-corrected chi connectivity index (χ0v) is 8.81. The number of nitrogens with zero attached hydrogens (tertiary/aromatic N) is 3. The van der Waals surface area contributed by atoms with E-state index in [4.69, 9.17) is 5.53 Å². The maximum absolute atomic E-state index is 13.0. The van der Waals surface area contributed by atoms with Gasteiger partial charge in [0, 0.05) is 21.5 Å². The van der Waals surface area contributed by atoms with Crippen LogP contribution < -0.4 is 0 Å². The van der Waals surface area contributed by atoms with E-state index in [-0.39, 0.29) is 11.9 Å². The average Bonchev–Trinajstić information content (AvgIpc) is 2.68. The van der Waals surface area contributed by atoms with Gasteiger partial charge in [-0.25, -0.2) is 4.39 Å². The second-order valence-electron chi connectivity index (χ2n) is 3.59. The van der Waals surface area contributed by atoms with E-state index in [0.717, 1.165) is 16.6 Å². The fourth-order valence-corrected chi connectivity index (χ4v) is 1.73. The summed E-state index contributed by atoms with van der Waals surface area (Å²) in [4.78, 5) is 5.93. The Bertz CT molecular complexity index is 554. The second kappa shape index (κ2) is 4.24. The van der Waals surface area contributed by atoms with Crippen LogP contribution in [0.4, 0.5) is 4.39 Å². The first-order valence-corrected chi connectivity index (χ1v) is 5.07. The molecule has 0 saturated carbocycles. The van der Waals surface area contributed by atoms with Crippen LogP contribution in [0.25, 0.3) is 21.3 Å². The monoisotopic (exact) mass is 218 g/mol. The van der Waals surface area contributed by atoms with Crippen LogP contribution in [0.3, 0.4) is 0 Å². The van der Waals surface area contributed by atoms with Crippen molar-refractivity contribution >= 4 is 10.9 Å². The van der Waals surface area contributed by atoms with Gasteiger partial charge in [0.15, 0.2) is 0 Å². The highest BCUT2D eigenvalue weighted by molar-refractivity contribution is 5.80. The number of fused-ring (bicyclic) bond motifs is 1. The lowest BCUT2D eigenvalue weighted by atomic mass is 10.1. The van der Waals surface area contributed by atoms with Crippen LogP contribution in [-0.4, -0.2) is 4.98 Å². The molecule has 5 heteroatoms. The zero-order valence-electron chi connectivity index (χ0n) is 8.81. The van der Waals surface area contributed by atoms with Gasteiger partial charge in [-0.1, -0.05) is 12.0 Å². The number of hydrogen-bond donors (Lipinski definition) is 1.